The van der Waals surface area contributed by atoms with E-state index < -0.39 is 0 Å². The fourth-order valence-corrected chi connectivity index (χ4v) is 2.93. The Morgan fingerprint density at radius 3 is 2.85 bits per heavy atom. The second kappa shape index (κ2) is 7.27. The van der Waals surface area contributed by atoms with Crippen molar-refractivity contribution in [1.29, 1.82) is 0 Å². The number of aromatic nitrogens is 1. The average molecular weight is 331 g/mol. The van der Waals surface area contributed by atoms with E-state index in [0.29, 0.717) is 28.8 Å². The topological polar surface area (TPSA) is 48.1 Å². The van der Waals surface area contributed by atoms with Gasteiger partial charge in [-0.2, -0.15) is 0 Å². The lowest BCUT2D eigenvalue weighted by atomic mass is 10.0. The molecule has 2 N–H and O–H groups in total. The Bertz CT molecular complexity index is 561. The highest BCUT2D eigenvalue weighted by Crippen LogP contribution is 2.34. The zero-order valence-electron chi connectivity index (χ0n) is 11.1. The molecule has 0 spiro atoms. The molecule has 1 atom stereocenters. The summed E-state index contributed by atoms with van der Waals surface area (Å²) >= 11 is 13.8. The van der Waals surface area contributed by atoms with Crippen molar-refractivity contribution in [1.82, 2.24) is 4.98 Å². The lowest BCUT2D eigenvalue weighted by molar-refractivity contribution is 0.301. The predicted octanol–water partition coefficient (Wildman–Crippen LogP) is 4.31. The molecule has 0 aliphatic heterocycles. The van der Waals surface area contributed by atoms with E-state index in [4.69, 9.17) is 33.7 Å². The van der Waals surface area contributed by atoms with Gasteiger partial charge in [-0.15, -0.1) is 11.3 Å². The van der Waals surface area contributed by atoms with Gasteiger partial charge in [0.1, 0.15) is 17.4 Å². The molecule has 20 heavy (non-hydrogen) atoms. The van der Waals surface area contributed by atoms with Gasteiger partial charge in [-0.05, 0) is 30.5 Å². The molecule has 0 aliphatic carbocycles. The van der Waals surface area contributed by atoms with Crippen molar-refractivity contribution < 1.29 is 4.74 Å². The first-order valence-corrected chi connectivity index (χ1v) is 7.98. The van der Waals surface area contributed by atoms with Crippen LogP contribution in [0.15, 0.2) is 23.7 Å². The quantitative estimate of drug-likeness (QED) is 0.858. The molecule has 1 heterocycles. The normalized spacial score (nSPS) is 12.4. The molecule has 0 aliphatic rings. The van der Waals surface area contributed by atoms with Crippen LogP contribution >= 0.6 is 34.5 Å². The lowest BCUT2D eigenvalue weighted by Gasteiger charge is -2.15. The Labute approximate surface area is 132 Å². The first kappa shape index (κ1) is 15.6. The summed E-state index contributed by atoms with van der Waals surface area (Å²) in [5, 5.41) is 3.92. The van der Waals surface area contributed by atoms with Crippen LogP contribution < -0.4 is 10.5 Å². The van der Waals surface area contributed by atoms with E-state index in [1.54, 1.807) is 23.6 Å². The average Bonchev–Trinajstić information content (AvgIpc) is 2.90. The molecule has 2 rings (SSSR count). The van der Waals surface area contributed by atoms with Crippen LogP contribution in [0.5, 0.6) is 5.75 Å². The monoisotopic (exact) mass is 330 g/mol. The second-order valence-corrected chi connectivity index (χ2v) is 6.29. The summed E-state index contributed by atoms with van der Waals surface area (Å²) in [4.78, 5) is 4.18. The Morgan fingerprint density at radius 1 is 1.40 bits per heavy atom. The van der Waals surface area contributed by atoms with Crippen molar-refractivity contribution in [2.45, 2.75) is 32.4 Å². The molecule has 0 amide bonds. The molecule has 1 unspecified atom stereocenters. The number of thiazole rings is 1. The number of halogens is 2. The van der Waals surface area contributed by atoms with Gasteiger partial charge < -0.3 is 10.5 Å². The van der Waals surface area contributed by atoms with Crippen molar-refractivity contribution in [3.05, 3.63) is 44.3 Å². The second-order valence-electron chi connectivity index (χ2n) is 4.46. The molecule has 0 fully saturated rings. The van der Waals surface area contributed by atoms with E-state index in [-0.39, 0.29) is 6.04 Å². The lowest BCUT2D eigenvalue weighted by Crippen LogP contribution is -2.21. The minimum absolute atomic E-state index is 0.0618. The van der Waals surface area contributed by atoms with Crippen LogP contribution in [-0.4, -0.2) is 11.0 Å². The van der Waals surface area contributed by atoms with Crippen LogP contribution in [0.3, 0.4) is 0 Å². The van der Waals surface area contributed by atoms with E-state index in [0.717, 1.165) is 17.0 Å². The first-order valence-electron chi connectivity index (χ1n) is 6.34. The third-order valence-corrected chi connectivity index (χ3v) is 4.17. The standard InChI is InChI=1S/C14H16Cl2N2OS/c1-2-11(17)6-9-5-10(15)7-12(16)14(9)19-8-13-18-3-4-20-13/h3-5,7,11H,2,6,8,17H2,1H3. The van der Waals surface area contributed by atoms with Crippen LogP contribution in [0.1, 0.15) is 23.9 Å². The van der Waals surface area contributed by atoms with Crippen LogP contribution in [0.25, 0.3) is 0 Å². The number of benzene rings is 1. The van der Waals surface area contributed by atoms with Crippen LogP contribution in [-0.2, 0) is 13.0 Å². The number of rotatable bonds is 6. The molecule has 0 bridgehead atoms. The first-order chi connectivity index (χ1) is 9.60. The van der Waals surface area contributed by atoms with E-state index in [2.05, 4.69) is 4.98 Å². The van der Waals surface area contributed by atoms with E-state index in [9.17, 15) is 0 Å². The van der Waals surface area contributed by atoms with Crippen molar-refractivity contribution in [3.8, 4) is 5.75 Å². The molecule has 1 aromatic carbocycles. The Kier molecular flexibility index (Phi) is 5.66. The Balaban J connectivity index is 2.20. The number of nitrogens with two attached hydrogens (primary N) is 1. The molecule has 1 aromatic heterocycles. The third-order valence-electron chi connectivity index (χ3n) is 2.92. The van der Waals surface area contributed by atoms with Gasteiger partial charge >= 0.3 is 0 Å². The predicted molar refractivity (Wildman–Crippen MR) is 84.9 cm³/mol. The highest BCUT2D eigenvalue weighted by molar-refractivity contribution is 7.09. The van der Waals surface area contributed by atoms with Crippen molar-refractivity contribution in [2.24, 2.45) is 5.73 Å². The van der Waals surface area contributed by atoms with Gasteiger partial charge in [0.2, 0.25) is 0 Å². The molecule has 108 valence electrons. The maximum Gasteiger partial charge on any atom is 0.141 e. The van der Waals surface area contributed by atoms with Gasteiger partial charge in [-0.1, -0.05) is 30.1 Å². The molecule has 6 heteroatoms. The van der Waals surface area contributed by atoms with Crippen molar-refractivity contribution >= 4 is 34.5 Å². The minimum Gasteiger partial charge on any atom is -0.485 e. The maximum atomic E-state index is 6.23. The van der Waals surface area contributed by atoms with Gasteiger partial charge in [-0.3, -0.25) is 0 Å². The summed E-state index contributed by atoms with van der Waals surface area (Å²) in [6.45, 7) is 2.44. The summed E-state index contributed by atoms with van der Waals surface area (Å²) in [5.41, 5.74) is 6.95. The number of hydrogen-bond donors (Lipinski definition) is 1. The smallest absolute Gasteiger partial charge is 0.141 e. The van der Waals surface area contributed by atoms with E-state index in [1.807, 2.05) is 18.4 Å². The summed E-state index contributed by atoms with van der Waals surface area (Å²) in [7, 11) is 0. The SMILES string of the molecule is CCC(N)Cc1cc(Cl)cc(Cl)c1OCc1nccs1. The van der Waals surface area contributed by atoms with Crippen LogP contribution in [0, 0.1) is 0 Å². The Hall–Kier alpha value is -0.810. The zero-order chi connectivity index (χ0) is 14.5. The van der Waals surface area contributed by atoms with Crippen LogP contribution in [0.2, 0.25) is 10.0 Å². The number of hydrogen-bond acceptors (Lipinski definition) is 4. The molecular weight excluding hydrogens is 315 g/mol. The third kappa shape index (κ3) is 4.09. The van der Waals surface area contributed by atoms with Crippen LogP contribution in [0.4, 0.5) is 0 Å². The molecule has 3 nitrogen and oxygen atoms in total. The van der Waals surface area contributed by atoms with E-state index in [1.165, 1.54) is 0 Å². The zero-order valence-corrected chi connectivity index (χ0v) is 13.4. The fraction of sp³-hybridized carbons (Fsp3) is 0.357. The summed E-state index contributed by atoms with van der Waals surface area (Å²) in [5.74, 6) is 0.648. The number of ether oxygens (including phenoxy) is 1. The van der Waals surface area contributed by atoms with Gasteiger partial charge in [0.05, 0.1) is 5.02 Å². The molecule has 2 aromatic rings. The molecule has 0 saturated carbocycles. The van der Waals surface area contributed by atoms with Gasteiger partial charge in [0.15, 0.2) is 0 Å². The minimum atomic E-state index is 0.0618. The van der Waals surface area contributed by atoms with Crippen molar-refractivity contribution in [3.63, 3.8) is 0 Å². The van der Waals surface area contributed by atoms with Gasteiger partial charge in [0, 0.05) is 22.6 Å². The molecule has 0 saturated heterocycles. The largest absolute Gasteiger partial charge is 0.485 e. The molecule has 0 radical (unpaired) electrons. The highest BCUT2D eigenvalue weighted by Gasteiger charge is 2.14. The highest BCUT2D eigenvalue weighted by atomic mass is 35.5. The summed E-state index contributed by atoms with van der Waals surface area (Å²) in [6.07, 6.45) is 3.32. The summed E-state index contributed by atoms with van der Waals surface area (Å²) in [6, 6.07) is 3.60. The number of nitrogens with zero attached hydrogens (tertiary/aromatic N) is 1. The van der Waals surface area contributed by atoms with E-state index >= 15 is 0 Å². The summed E-state index contributed by atoms with van der Waals surface area (Å²) < 4.78 is 5.81. The Morgan fingerprint density at radius 2 is 2.20 bits per heavy atom. The molecular formula is C14H16Cl2N2OS. The fourth-order valence-electron chi connectivity index (χ4n) is 1.81. The van der Waals surface area contributed by atoms with Gasteiger partial charge in [0.25, 0.3) is 0 Å². The van der Waals surface area contributed by atoms with Gasteiger partial charge in [-0.25, -0.2) is 4.98 Å². The maximum absolute atomic E-state index is 6.23. The van der Waals surface area contributed by atoms with Crippen molar-refractivity contribution in [2.75, 3.05) is 0 Å².